The van der Waals surface area contributed by atoms with Crippen LogP contribution in [-0.2, 0) is 17.8 Å². The zero-order valence-electron chi connectivity index (χ0n) is 17.7. The van der Waals surface area contributed by atoms with Gasteiger partial charge in [0.05, 0.1) is 24.1 Å². The van der Waals surface area contributed by atoms with Crippen LogP contribution in [0, 0.1) is 11.6 Å². The lowest BCUT2D eigenvalue weighted by molar-refractivity contribution is -0.0705. The molecule has 0 bridgehead atoms. The van der Waals surface area contributed by atoms with Crippen LogP contribution in [0.4, 0.5) is 8.78 Å². The summed E-state index contributed by atoms with van der Waals surface area (Å²) in [5.74, 6) is -1.18. The Hall–Kier alpha value is -3.24. The van der Waals surface area contributed by atoms with Crippen molar-refractivity contribution in [3.8, 4) is 0 Å². The van der Waals surface area contributed by atoms with Crippen molar-refractivity contribution in [2.24, 2.45) is 0 Å². The second-order valence-corrected chi connectivity index (χ2v) is 8.27. The molecule has 0 radical (unpaired) electrons. The number of hydrogen-bond donors (Lipinski definition) is 0. The number of halogens is 2. The maximum Gasteiger partial charge on any atom is 0.352 e. The lowest BCUT2D eigenvalue weighted by atomic mass is 10.1. The van der Waals surface area contributed by atoms with Crippen molar-refractivity contribution >= 4 is 16.7 Å². The first-order valence-corrected chi connectivity index (χ1v) is 10.4. The van der Waals surface area contributed by atoms with E-state index in [2.05, 4.69) is 20.0 Å². The summed E-state index contributed by atoms with van der Waals surface area (Å²) in [5.41, 5.74) is 1.19. The average molecular weight is 440 g/mol. The second kappa shape index (κ2) is 8.03. The Bertz CT molecular complexity index is 1360. The number of ether oxygens (including phenoxy) is 1. The molecule has 0 N–H and O–H groups in total. The molecule has 1 aliphatic heterocycles. The van der Waals surface area contributed by atoms with Crippen molar-refractivity contribution in [2.75, 3.05) is 13.1 Å². The number of hydrogen-bond acceptors (Lipinski definition) is 6. The monoisotopic (exact) mass is 440 g/mol. The molecule has 1 aromatic carbocycles. The molecular weight excluding hydrogens is 418 g/mol. The van der Waals surface area contributed by atoms with Gasteiger partial charge in [-0.3, -0.25) is 9.47 Å². The average Bonchev–Trinajstić information content (AvgIpc) is 3.23. The highest BCUT2D eigenvalue weighted by Gasteiger charge is 2.23. The van der Waals surface area contributed by atoms with Gasteiger partial charge in [-0.25, -0.2) is 23.5 Å². The normalized spacial score (nSPS) is 19.8. The minimum absolute atomic E-state index is 0.0510. The van der Waals surface area contributed by atoms with Crippen molar-refractivity contribution in [1.82, 2.24) is 29.0 Å². The van der Waals surface area contributed by atoms with Crippen LogP contribution in [0.1, 0.15) is 25.0 Å². The maximum atomic E-state index is 14.3. The predicted molar refractivity (Wildman–Crippen MR) is 113 cm³/mol. The smallest absolute Gasteiger partial charge is 0.352 e. The summed E-state index contributed by atoms with van der Waals surface area (Å²) in [6, 6.07) is 5.09. The molecule has 0 saturated carbocycles. The zero-order valence-corrected chi connectivity index (χ0v) is 17.7. The predicted octanol–water partition coefficient (Wildman–Crippen LogP) is 2.37. The molecular formula is C22H22F2N6O2. The van der Waals surface area contributed by atoms with E-state index in [0.717, 1.165) is 41.4 Å². The first-order chi connectivity index (χ1) is 15.4. The van der Waals surface area contributed by atoms with E-state index in [-0.39, 0.29) is 24.3 Å². The topological polar surface area (TPSA) is 77.6 Å². The van der Waals surface area contributed by atoms with Crippen LogP contribution in [0.3, 0.4) is 0 Å². The molecule has 1 fully saturated rings. The third kappa shape index (κ3) is 3.76. The van der Waals surface area contributed by atoms with Gasteiger partial charge in [0.2, 0.25) is 0 Å². The number of nitrogens with zero attached hydrogens (tertiary/aromatic N) is 6. The van der Waals surface area contributed by atoms with Crippen LogP contribution >= 0.6 is 0 Å². The van der Waals surface area contributed by atoms with Gasteiger partial charge >= 0.3 is 5.69 Å². The van der Waals surface area contributed by atoms with Gasteiger partial charge in [0.1, 0.15) is 23.6 Å². The Morgan fingerprint density at radius 2 is 1.84 bits per heavy atom. The van der Waals surface area contributed by atoms with E-state index >= 15 is 0 Å². The summed E-state index contributed by atoms with van der Waals surface area (Å²) in [6.07, 6.45) is 3.28. The van der Waals surface area contributed by atoms with Gasteiger partial charge in [0.25, 0.3) is 0 Å². The number of morpholine rings is 1. The summed E-state index contributed by atoms with van der Waals surface area (Å²) in [4.78, 5) is 24.1. The molecule has 10 heteroatoms. The van der Waals surface area contributed by atoms with Crippen molar-refractivity contribution in [3.05, 3.63) is 70.0 Å². The summed E-state index contributed by atoms with van der Waals surface area (Å²) in [5, 5.41) is 4.64. The van der Waals surface area contributed by atoms with Crippen LogP contribution in [0.15, 0.2) is 41.6 Å². The van der Waals surface area contributed by atoms with E-state index in [9.17, 15) is 13.6 Å². The number of aromatic nitrogens is 5. The number of benzene rings is 1. The number of fused-ring (bicyclic) bond motifs is 3. The highest BCUT2D eigenvalue weighted by Crippen LogP contribution is 2.21. The lowest BCUT2D eigenvalue weighted by Crippen LogP contribution is -2.44. The standard InChI is InChI=1S/C22H22F2N6O2/c1-13-8-28(9-14(2)32-13)10-15-5-18-20(25-7-15)29(22(31)30-21(18)26-12-27-30)11-16-6-17(23)3-4-19(16)24/h3-7,12-14H,8-11H2,1-2H3/t13-,14?/m0/s1. The van der Waals surface area contributed by atoms with Crippen molar-refractivity contribution in [2.45, 2.75) is 39.1 Å². The number of rotatable bonds is 4. The third-order valence-electron chi connectivity index (χ3n) is 5.62. The highest BCUT2D eigenvalue weighted by molar-refractivity contribution is 5.89. The van der Waals surface area contributed by atoms with Gasteiger partial charge in [0, 0.05) is 31.4 Å². The van der Waals surface area contributed by atoms with E-state index in [1.54, 1.807) is 6.20 Å². The van der Waals surface area contributed by atoms with Crippen LogP contribution in [0.2, 0.25) is 0 Å². The van der Waals surface area contributed by atoms with E-state index in [1.807, 2.05) is 19.9 Å². The molecule has 0 spiro atoms. The molecule has 0 aliphatic carbocycles. The fourth-order valence-electron chi connectivity index (χ4n) is 4.39. The molecule has 1 unspecified atom stereocenters. The fourth-order valence-corrected chi connectivity index (χ4v) is 4.39. The molecule has 0 amide bonds. The van der Waals surface area contributed by atoms with Crippen LogP contribution < -0.4 is 5.69 Å². The zero-order chi connectivity index (χ0) is 22.4. The highest BCUT2D eigenvalue weighted by atomic mass is 19.1. The quantitative estimate of drug-likeness (QED) is 0.485. The molecule has 166 valence electrons. The molecule has 1 saturated heterocycles. The lowest BCUT2D eigenvalue weighted by Gasteiger charge is -2.35. The number of pyridine rings is 1. The van der Waals surface area contributed by atoms with E-state index in [4.69, 9.17) is 4.74 Å². The summed E-state index contributed by atoms with van der Waals surface area (Å²) in [7, 11) is 0. The molecule has 4 heterocycles. The minimum atomic E-state index is -0.600. The largest absolute Gasteiger partial charge is 0.373 e. The van der Waals surface area contributed by atoms with Crippen molar-refractivity contribution in [1.29, 1.82) is 0 Å². The van der Waals surface area contributed by atoms with Gasteiger partial charge in [-0.2, -0.15) is 9.61 Å². The molecule has 8 nitrogen and oxygen atoms in total. The first kappa shape index (κ1) is 20.7. The van der Waals surface area contributed by atoms with Gasteiger partial charge in [-0.05, 0) is 43.7 Å². The Balaban J connectivity index is 1.59. The first-order valence-electron chi connectivity index (χ1n) is 10.4. The summed E-state index contributed by atoms with van der Waals surface area (Å²) >= 11 is 0. The summed E-state index contributed by atoms with van der Waals surface area (Å²) < 4.78 is 36.2. The minimum Gasteiger partial charge on any atom is -0.373 e. The molecule has 2 atom stereocenters. The van der Waals surface area contributed by atoms with Gasteiger partial charge in [-0.1, -0.05) is 0 Å². The van der Waals surface area contributed by atoms with E-state index < -0.39 is 17.3 Å². The van der Waals surface area contributed by atoms with Crippen molar-refractivity contribution < 1.29 is 13.5 Å². The van der Waals surface area contributed by atoms with Gasteiger partial charge in [0.15, 0.2) is 5.65 Å². The Morgan fingerprint density at radius 3 is 2.62 bits per heavy atom. The Kier molecular flexibility index (Phi) is 5.18. The van der Waals surface area contributed by atoms with E-state index in [0.29, 0.717) is 23.2 Å². The van der Waals surface area contributed by atoms with E-state index in [1.165, 1.54) is 10.9 Å². The second-order valence-electron chi connectivity index (χ2n) is 8.27. The molecule has 1 aliphatic rings. The SMILES string of the molecule is CC1CN(Cc2cnc3c(c2)c2ncnn2c(=O)n3Cc2cc(F)ccc2F)C[C@H](C)O1. The fraction of sp³-hybridized carbons (Fsp3) is 0.364. The van der Waals surface area contributed by atoms with Gasteiger partial charge in [-0.15, -0.1) is 0 Å². The molecule has 3 aromatic heterocycles. The third-order valence-corrected chi connectivity index (χ3v) is 5.62. The van der Waals surface area contributed by atoms with Crippen molar-refractivity contribution in [3.63, 3.8) is 0 Å². The molecule has 5 rings (SSSR count). The van der Waals surface area contributed by atoms with Gasteiger partial charge < -0.3 is 4.74 Å². The maximum absolute atomic E-state index is 14.3. The summed E-state index contributed by atoms with van der Waals surface area (Å²) in [6.45, 7) is 6.19. The van der Waals surface area contributed by atoms with Crippen LogP contribution in [0.5, 0.6) is 0 Å². The Morgan fingerprint density at radius 1 is 1.06 bits per heavy atom. The molecule has 4 aromatic rings. The van der Waals surface area contributed by atoms with Crippen LogP contribution in [-0.4, -0.2) is 54.3 Å². The van der Waals surface area contributed by atoms with Crippen LogP contribution in [0.25, 0.3) is 16.7 Å². The Labute approximate surface area is 182 Å². The molecule has 32 heavy (non-hydrogen) atoms.